The first-order chi connectivity index (χ1) is 4.22. The number of rotatable bonds is 3. The van der Waals surface area contributed by atoms with E-state index in [9.17, 15) is 8.78 Å². The van der Waals surface area contributed by atoms with Gasteiger partial charge in [0.25, 0.3) is 6.08 Å². The van der Waals surface area contributed by atoms with E-state index in [-0.39, 0.29) is 0 Å². The SMILES string of the molecule is CCCC(CC)=C(F)F. The highest BCUT2D eigenvalue weighted by atomic mass is 19.3. The standard InChI is InChI=1S/C7H12F2/c1-3-5-6(4-2)7(8)9/h3-5H2,1-2H3. The van der Waals surface area contributed by atoms with E-state index in [1.807, 2.05) is 6.92 Å². The van der Waals surface area contributed by atoms with Crippen LogP contribution in [0.4, 0.5) is 8.78 Å². The molecule has 2 heteroatoms. The summed E-state index contributed by atoms with van der Waals surface area (Å²) < 4.78 is 23.5. The van der Waals surface area contributed by atoms with Gasteiger partial charge < -0.3 is 0 Å². The zero-order chi connectivity index (χ0) is 7.28. The number of hydrogen-bond donors (Lipinski definition) is 0. The van der Waals surface area contributed by atoms with Crippen LogP contribution in [0.2, 0.25) is 0 Å². The normalized spacial score (nSPS) is 9.33. The largest absolute Gasteiger partial charge is 0.269 e. The molecule has 0 aromatic carbocycles. The van der Waals surface area contributed by atoms with Crippen molar-refractivity contribution in [1.29, 1.82) is 0 Å². The van der Waals surface area contributed by atoms with Gasteiger partial charge in [0.1, 0.15) is 0 Å². The zero-order valence-corrected chi connectivity index (χ0v) is 5.88. The van der Waals surface area contributed by atoms with E-state index in [0.717, 1.165) is 6.42 Å². The molecule has 0 bridgehead atoms. The maximum Gasteiger partial charge on any atom is 0.269 e. The van der Waals surface area contributed by atoms with Crippen LogP contribution in [-0.4, -0.2) is 0 Å². The molecule has 0 nitrogen and oxygen atoms in total. The lowest BCUT2D eigenvalue weighted by molar-refractivity contribution is 0.404. The molecule has 0 aromatic heterocycles. The van der Waals surface area contributed by atoms with Gasteiger partial charge in [0, 0.05) is 0 Å². The lowest BCUT2D eigenvalue weighted by Crippen LogP contribution is -1.81. The van der Waals surface area contributed by atoms with Gasteiger partial charge in [-0.25, -0.2) is 0 Å². The van der Waals surface area contributed by atoms with Gasteiger partial charge in [-0.3, -0.25) is 0 Å². The molecular weight excluding hydrogens is 122 g/mol. The first-order valence-electron chi connectivity index (χ1n) is 3.25. The molecule has 0 amide bonds. The minimum atomic E-state index is -1.49. The fourth-order valence-corrected chi connectivity index (χ4v) is 0.707. The van der Waals surface area contributed by atoms with E-state index in [1.54, 1.807) is 6.92 Å². The second kappa shape index (κ2) is 4.48. The Kier molecular flexibility index (Phi) is 4.28. The minimum absolute atomic E-state index is 0.303. The highest BCUT2D eigenvalue weighted by Gasteiger charge is 2.00. The molecule has 54 valence electrons. The van der Waals surface area contributed by atoms with E-state index in [2.05, 4.69) is 0 Å². The molecule has 0 saturated carbocycles. The molecule has 0 heterocycles. The Balaban J connectivity index is 3.83. The lowest BCUT2D eigenvalue weighted by Gasteiger charge is -1.97. The summed E-state index contributed by atoms with van der Waals surface area (Å²) in [7, 11) is 0. The van der Waals surface area contributed by atoms with Crippen molar-refractivity contribution in [2.45, 2.75) is 33.1 Å². The first-order valence-corrected chi connectivity index (χ1v) is 3.25. The summed E-state index contributed by atoms with van der Waals surface area (Å²) >= 11 is 0. The van der Waals surface area contributed by atoms with Crippen LogP contribution >= 0.6 is 0 Å². The summed E-state index contributed by atoms with van der Waals surface area (Å²) in [5, 5.41) is 0. The van der Waals surface area contributed by atoms with Gasteiger partial charge in [-0.05, 0) is 18.4 Å². The Morgan fingerprint density at radius 1 is 1.22 bits per heavy atom. The quantitative estimate of drug-likeness (QED) is 0.555. The molecule has 0 aliphatic carbocycles. The minimum Gasteiger partial charge on any atom is -0.173 e. The van der Waals surface area contributed by atoms with E-state index in [1.165, 1.54) is 0 Å². The molecule has 0 unspecified atom stereocenters. The third-order valence-electron chi connectivity index (χ3n) is 1.25. The summed E-state index contributed by atoms with van der Waals surface area (Å²) in [5.41, 5.74) is 0.303. The molecular formula is C7H12F2. The fraction of sp³-hybridized carbons (Fsp3) is 0.714. The van der Waals surface area contributed by atoms with Crippen LogP contribution in [0.25, 0.3) is 0 Å². The van der Waals surface area contributed by atoms with Gasteiger partial charge >= 0.3 is 0 Å². The monoisotopic (exact) mass is 134 g/mol. The van der Waals surface area contributed by atoms with Crippen LogP contribution in [0.3, 0.4) is 0 Å². The molecule has 0 aliphatic heterocycles. The summed E-state index contributed by atoms with van der Waals surface area (Å²) in [6.07, 6.45) is 0.342. The van der Waals surface area contributed by atoms with E-state index >= 15 is 0 Å². The fourth-order valence-electron chi connectivity index (χ4n) is 0.707. The molecule has 0 radical (unpaired) electrons. The third-order valence-corrected chi connectivity index (χ3v) is 1.25. The molecule has 0 rings (SSSR count). The van der Waals surface area contributed by atoms with Crippen LogP contribution in [0.5, 0.6) is 0 Å². The summed E-state index contributed by atoms with van der Waals surface area (Å²) in [6.45, 7) is 3.66. The molecule has 0 spiro atoms. The van der Waals surface area contributed by atoms with Crippen molar-refractivity contribution < 1.29 is 8.78 Å². The predicted octanol–water partition coefficient (Wildman–Crippen LogP) is 3.35. The van der Waals surface area contributed by atoms with Gasteiger partial charge in [0.2, 0.25) is 0 Å². The Labute approximate surface area is 54.6 Å². The number of halogens is 2. The first kappa shape index (κ1) is 8.60. The second-order valence-electron chi connectivity index (χ2n) is 1.97. The van der Waals surface area contributed by atoms with Gasteiger partial charge in [0.15, 0.2) is 0 Å². The maximum absolute atomic E-state index is 11.8. The van der Waals surface area contributed by atoms with E-state index in [4.69, 9.17) is 0 Å². The third kappa shape index (κ3) is 3.22. The predicted molar refractivity (Wildman–Crippen MR) is 34.4 cm³/mol. The van der Waals surface area contributed by atoms with Crippen molar-refractivity contribution in [3.05, 3.63) is 11.7 Å². The molecule has 0 fully saturated rings. The van der Waals surface area contributed by atoms with Crippen molar-refractivity contribution in [2.24, 2.45) is 0 Å². The van der Waals surface area contributed by atoms with E-state index in [0.29, 0.717) is 18.4 Å². The zero-order valence-electron chi connectivity index (χ0n) is 5.88. The van der Waals surface area contributed by atoms with Crippen LogP contribution in [0.15, 0.2) is 11.7 Å². The van der Waals surface area contributed by atoms with Crippen LogP contribution in [-0.2, 0) is 0 Å². The highest BCUT2D eigenvalue weighted by Crippen LogP contribution is 2.16. The smallest absolute Gasteiger partial charge is 0.173 e. The lowest BCUT2D eigenvalue weighted by atomic mass is 10.1. The Morgan fingerprint density at radius 3 is 1.89 bits per heavy atom. The molecule has 0 atom stereocenters. The van der Waals surface area contributed by atoms with Crippen molar-refractivity contribution >= 4 is 0 Å². The summed E-state index contributed by atoms with van der Waals surface area (Å²) in [5.74, 6) is 0. The topological polar surface area (TPSA) is 0 Å². The van der Waals surface area contributed by atoms with Crippen LogP contribution in [0, 0.1) is 0 Å². The van der Waals surface area contributed by atoms with Crippen LogP contribution in [0.1, 0.15) is 33.1 Å². The molecule has 0 aromatic rings. The average Bonchev–Trinajstić information content (AvgIpc) is 1.82. The molecule has 0 aliphatic rings. The van der Waals surface area contributed by atoms with Gasteiger partial charge in [-0.2, -0.15) is 8.78 Å². The summed E-state index contributed by atoms with van der Waals surface area (Å²) in [6, 6.07) is 0. The van der Waals surface area contributed by atoms with Gasteiger partial charge in [-0.1, -0.05) is 20.3 Å². The van der Waals surface area contributed by atoms with Crippen molar-refractivity contribution in [3.63, 3.8) is 0 Å². The highest BCUT2D eigenvalue weighted by molar-refractivity contribution is 5.00. The maximum atomic E-state index is 11.8. The number of hydrogen-bond acceptors (Lipinski definition) is 0. The summed E-state index contributed by atoms with van der Waals surface area (Å²) in [4.78, 5) is 0. The second-order valence-corrected chi connectivity index (χ2v) is 1.97. The van der Waals surface area contributed by atoms with Crippen molar-refractivity contribution in [1.82, 2.24) is 0 Å². The van der Waals surface area contributed by atoms with Crippen LogP contribution < -0.4 is 0 Å². The Hall–Kier alpha value is -0.400. The molecule has 0 N–H and O–H groups in total. The average molecular weight is 134 g/mol. The number of allylic oxidation sites excluding steroid dienone is 1. The Bertz CT molecular complexity index is 101. The molecule has 9 heavy (non-hydrogen) atoms. The van der Waals surface area contributed by atoms with Crippen molar-refractivity contribution in [2.75, 3.05) is 0 Å². The van der Waals surface area contributed by atoms with Gasteiger partial charge in [-0.15, -0.1) is 0 Å². The Morgan fingerprint density at radius 2 is 1.78 bits per heavy atom. The van der Waals surface area contributed by atoms with E-state index < -0.39 is 6.08 Å². The van der Waals surface area contributed by atoms with Gasteiger partial charge in [0.05, 0.1) is 0 Å². The molecule has 0 saturated heterocycles. The van der Waals surface area contributed by atoms with Crippen molar-refractivity contribution in [3.8, 4) is 0 Å².